The lowest BCUT2D eigenvalue weighted by molar-refractivity contribution is -0.122. The van der Waals surface area contributed by atoms with Crippen LogP contribution >= 0.6 is 24.8 Å². The van der Waals surface area contributed by atoms with Crippen LogP contribution in [0.2, 0.25) is 0 Å². The normalized spacial score (nSPS) is 22.9. The van der Waals surface area contributed by atoms with Gasteiger partial charge in [-0.15, -0.1) is 24.8 Å². The van der Waals surface area contributed by atoms with Gasteiger partial charge in [0, 0.05) is 19.1 Å². The van der Waals surface area contributed by atoms with Crippen molar-refractivity contribution in [2.45, 2.75) is 50.6 Å². The van der Waals surface area contributed by atoms with Crippen LogP contribution < -0.4 is 10.6 Å². The standard InChI is InChI=1S/C13H25N3O.2ClH/c1-16(11-5-2-3-6-11)10-9-15-13(17)12-7-4-8-14-12;;/h11-12,14H,2-10H2,1H3,(H,15,17);2*1H. The van der Waals surface area contributed by atoms with E-state index in [1.54, 1.807) is 0 Å². The van der Waals surface area contributed by atoms with Crippen molar-refractivity contribution < 1.29 is 4.79 Å². The summed E-state index contributed by atoms with van der Waals surface area (Å²) in [5, 5.41) is 6.26. The summed E-state index contributed by atoms with van der Waals surface area (Å²) < 4.78 is 0. The maximum atomic E-state index is 11.8. The van der Waals surface area contributed by atoms with Gasteiger partial charge in [-0.05, 0) is 39.3 Å². The van der Waals surface area contributed by atoms with Crippen LogP contribution in [0.4, 0.5) is 0 Å². The number of rotatable bonds is 5. The Bertz CT molecular complexity index is 254. The Morgan fingerprint density at radius 1 is 1.21 bits per heavy atom. The number of nitrogens with one attached hydrogen (secondary N) is 2. The monoisotopic (exact) mass is 311 g/mol. The summed E-state index contributed by atoms with van der Waals surface area (Å²) in [5.41, 5.74) is 0. The van der Waals surface area contributed by atoms with Gasteiger partial charge in [-0.25, -0.2) is 0 Å². The van der Waals surface area contributed by atoms with Crippen molar-refractivity contribution in [2.75, 3.05) is 26.7 Å². The van der Waals surface area contributed by atoms with E-state index in [1.807, 2.05) is 0 Å². The van der Waals surface area contributed by atoms with Gasteiger partial charge in [0.15, 0.2) is 0 Å². The van der Waals surface area contributed by atoms with E-state index in [4.69, 9.17) is 0 Å². The molecule has 2 N–H and O–H groups in total. The Kier molecular flexibility index (Phi) is 9.79. The molecule has 2 aliphatic rings. The molecule has 6 heteroatoms. The third-order valence-corrected chi connectivity index (χ3v) is 4.09. The summed E-state index contributed by atoms with van der Waals surface area (Å²) in [6, 6.07) is 0.809. The van der Waals surface area contributed by atoms with E-state index in [0.717, 1.165) is 38.5 Å². The molecule has 0 spiro atoms. The Balaban J connectivity index is 0.00000162. The lowest BCUT2D eigenvalue weighted by atomic mass is 10.2. The van der Waals surface area contributed by atoms with E-state index in [2.05, 4.69) is 22.6 Å². The van der Waals surface area contributed by atoms with Crippen LogP contribution in [-0.2, 0) is 4.79 Å². The number of carbonyl (C=O) groups is 1. The third-order valence-electron chi connectivity index (χ3n) is 4.09. The van der Waals surface area contributed by atoms with Gasteiger partial charge < -0.3 is 15.5 Å². The van der Waals surface area contributed by atoms with E-state index in [1.165, 1.54) is 25.7 Å². The second-order valence-corrected chi connectivity index (χ2v) is 5.36. The zero-order valence-electron chi connectivity index (χ0n) is 11.7. The smallest absolute Gasteiger partial charge is 0.237 e. The predicted molar refractivity (Wildman–Crippen MR) is 83.4 cm³/mol. The number of likely N-dealkylation sites (N-methyl/N-ethyl adjacent to an activating group) is 1. The SMILES string of the molecule is CN(CCNC(=O)C1CCCN1)C1CCCC1.Cl.Cl. The highest BCUT2D eigenvalue weighted by atomic mass is 35.5. The topological polar surface area (TPSA) is 44.4 Å². The summed E-state index contributed by atoms with van der Waals surface area (Å²) in [6.45, 7) is 2.74. The van der Waals surface area contributed by atoms with Crippen LogP contribution in [0.5, 0.6) is 0 Å². The quantitative estimate of drug-likeness (QED) is 0.810. The lowest BCUT2D eigenvalue weighted by Gasteiger charge is -2.24. The predicted octanol–water partition coefficient (Wildman–Crippen LogP) is 1.57. The minimum atomic E-state index is 0. The minimum absolute atomic E-state index is 0. The third kappa shape index (κ3) is 5.86. The van der Waals surface area contributed by atoms with E-state index < -0.39 is 0 Å². The van der Waals surface area contributed by atoms with Crippen LogP contribution in [0, 0.1) is 0 Å². The summed E-state index contributed by atoms with van der Waals surface area (Å²) in [7, 11) is 2.18. The Hall–Kier alpha value is -0.0300. The molecule has 1 atom stereocenters. The molecule has 0 aromatic carbocycles. The lowest BCUT2D eigenvalue weighted by Crippen LogP contribution is -2.44. The van der Waals surface area contributed by atoms with Gasteiger partial charge in [0.05, 0.1) is 6.04 Å². The van der Waals surface area contributed by atoms with E-state index in [0.29, 0.717) is 0 Å². The molecule has 1 amide bonds. The second-order valence-electron chi connectivity index (χ2n) is 5.36. The first-order chi connectivity index (χ1) is 8.27. The molecule has 0 radical (unpaired) electrons. The van der Waals surface area contributed by atoms with Crippen LogP contribution in [0.15, 0.2) is 0 Å². The van der Waals surface area contributed by atoms with Crippen LogP contribution in [0.1, 0.15) is 38.5 Å². The Morgan fingerprint density at radius 3 is 2.47 bits per heavy atom. The molecule has 1 heterocycles. The van der Waals surface area contributed by atoms with Gasteiger partial charge in [-0.3, -0.25) is 4.79 Å². The molecule has 114 valence electrons. The van der Waals surface area contributed by atoms with E-state index >= 15 is 0 Å². The van der Waals surface area contributed by atoms with Crippen molar-refractivity contribution in [2.24, 2.45) is 0 Å². The Labute approximate surface area is 128 Å². The molecule has 2 fully saturated rings. The van der Waals surface area contributed by atoms with Gasteiger partial charge in [-0.2, -0.15) is 0 Å². The molecule has 0 aromatic rings. The van der Waals surface area contributed by atoms with Crippen molar-refractivity contribution in [1.29, 1.82) is 0 Å². The minimum Gasteiger partial charge on any atom is -0.353 e. The fraction of sp³-hybridized carbons (Fsp3) is 0.923. The molecule has 19 heavy (non-hydrogen) atoms. The fourth-order valence-electron chi connectivity index (χ4n) is 2.91. The maximum absolute atomic E-state index is 11.8. The summed E-state index contributed by atoms with van der Waals surface area (Å²) in [4.78, 5) is 14.2. The van der Waals surface area contributed by atoms with Crippen molar-refractivity contribution in [3.8, 4) is 0 Å². The number of hydrogen-bond acceptors (Lipinski definition) is 3. The van der Waals surface area contributed by atoms with Gasteiger partial charge >= 0.3 is 0 Å². The van der Waals surface area contributed by atoms with E-state index in [9.17, 15) is 4.79 Å². The first kappa shape index (κ1) is 19.0. The summed E-state index contributed by atoms with van der Waals surface area (Å²) >= 11 is 0. The van der Waals surface area contributed by atoms with Crippen LogP contribution in [-0.4, -0.2) is 49.6 Å². The molecule has 1 aliphatic carbocycles. The van der Waals surface area contributed by atoms with Gasteiger partial charge in [0.2, 0.25) is 5.91 Å². The van der Waals surface area contributed by atoms with Crippen molar-refractivity contribution in [3.63, 3.8) is 0 Å². The molecule has 1 saturated heterocycles. The van der Waals surface area contributed by atoms with Crippen molar-refractivity contribution in [3.05, 3.63) is 0 Å². The second kappa shape index (κ2) is 9.81. The molecule has 0 aromatic heterocycles. The molecule has 2 rings (SSSR count). The highest BCUT2D eigenvalue weighted by Crippen LogP contribution is 2.21. The molecule has 0 bridgehead atoms. The number of amides is 1. The molecular formula is C13H27Cl2N3O. The Morgan fingerprint density at radius 2 is 1.89 bits per heavy atom. The molecule has 1 saturated carbocycles. The number of hydrogen-bond donors (Lipinski definition) is 2. The maximum Gasteiger partial charge on any atom is 0.237 e. The molecule has 1 aliphatic heterocycles. The zero-order valence-corrected chi connectivity index (χ0v) is 13.3. The summed E-state index contributed by atoms with van der Waals surface area (Å²) in [5.74, 6) is 0.183. The number of carbonyl (C=O) groups excluding carboxylic acids is 1. The van der Waals surface area contributed by atoms with Gasteiger partial charge in [-0.1, -0.05) is 12.8 Å². The first-order valence-corrected chi connectivity index (χ1v) is 6.98. The zero-order chi connectivity index (χ0) is 12.1. The van der Waals surface area contributed by atoms with Crippen LogP contribution in [0.3, 0.4) is 0 Å². The largest absolute Gasteiger partial charge is 0.353 e. The van der Waals surface area contributed by atoms with Crippen molar-refractivity contribution >= 4 is 30.7 Å². The van der Waals surface area contributed by atoms with Gasteiger partial charge in [0.25, 0.3) is 0 Å². The van der Waals surface area contributed by atoms with Crippen LogP contribution in [0.25, 0.3) is 0 Å². The highest BCUT2D eigenvalue weighted by Gasteiger charge is 2.22. The number of nitrogens with zero attached hydrogens (tertiary/aromatic N) is 1. The molecule has 4 nitrogen and oxygen atoms in total. The van der Waals surface area contributed by atoms with Crippen molar-refractivity contribution in [1.82, 2.24) is 15.5 Å². The molecular weight excluding hydrogens is 285 g/mol. The molecule has 1 unspecified atom stereocenters. The summed E-state index contributed by atoms with van der Waals surface area (Å²) in [6.07, 6.45) is 7.51. The van der Waals surface area contributed by atoms with E-state index in [-0.39, 0.29) is 36.8 Å². The first-order valence-electron chi connectivity index (χ1n) is 6.98. The highest BCUT2D eigenvalue weighted by molar-refractivity contribution is 5.85. The fourth-order valence-corrected chi connectivity index (χ4v) is 2.91. The average Bonchev–Trinajstić information content (AvgIpc) is 3.02. The average molecular weight is 312 g/mol. The van der Waals surface area contributed by atoms with Gasteiger partial charge in [0.1, 0.15) is 0 Å². The number of halogens is 2.